The lowest BCUT2D eigenvalue weighted by molar-refractivity contribution is 0.111. The Hall–Kier alpha value is -1.59. The van der Waals surface area contributed by atoms with Crippen LogP contribution in [0.15, 0.2) is 29.3 Å². The zero-order valence-electron chi connectivity index (χ0n) is 17.8. The molecule has 5 heteroatoms. The number of hydrogen-bond donors (Lipinski definition) is 1. The molecule has 2 fully saturated rings. The van der Waals surface area contributed by atoms with E-state index in [-0.39, 0.29) is 5.54 Å². The molecule has 0 bridgehead atoms. The molecule has 3 heterocycles. The Bertz CT molecular complexity index is 708. The fourth-order valence-electron chi connectivity index (χ4n) is 4.89. The van der Waals surface area contributed by atoms with Crippen LogP contribution in [0.25, 0.3) is 0 Å². The number of nitrogens with zero attached hydrogens (tertiary/aromatic N) is 3. The Morgan fingerprint density at radius 2 is 2.04 bits per heavy atom. The molecule has 1 unspecified atom stereocenters. The van der Waals surface area contributed by atoms with Crippen LogP contribution in [0.2, 0.25) is 0 Å². The smallest absolute Gasteiger partial charge is 0.194 e. The molecule has 0 aromatic heterocycles. The first kappa shape index (κ1) is 19.7. The Labute approximate surface area is 170 Å². The van der Waals surface area contributed by atoms with E-state index in [0.717, 1.165) is 64.9 Å². The summed E-state index contributed by atoms with van der Waals surface area (Å²) in [6, 6.07) is 8.87. The topological polar surface area (TPSA) is 40.1 Å². The highest BCUT2D eigenvalue weighted by Crippen LogP contribution is 2.38. The molecule has 3 aliphatic rings. The van der Waals surface area contributed by atoms with E-state index < -0.39 is 0 Å². The molecule has 1 aromatic carbocycles. The van der Waals surface area contributed by atoms with Crippen molar-refractivity contribution in [3.05, 3.63) is 35.4 Å². The minimum atomic E-state index is 0.0437. The van der Waals surface area contributed by atoms with Crippen molar-refractivity contribution in [3.63, 3.8) is 0 Å². The number of guanidine groups is 1. The average molecular weight is 385 g/mol. The van der Waals surface area contributed by atoms with Gasteiger partial charge < -0.3 is 15.0 Å². The second kappa shape index (κ2) is 8.03. The summed E-state index contributed by atoms with van der Waals surface area (Å²) in [5, 5.41) is 3.54. The van der Waals surface area contributed by atoms with Crippen molar-refractivity contribution in [1.82, 2.24) is 15.1 Å². The van der Waals surface area contributed by atoms with Crippen molar-refractivity contribution in [2.24, 2.45) is 10.4 Å². The number of rotatable bonds is 4. The predicted octanol–water partition coefficient (Wildman–Crippen LogP) is 2.90. The normalized spacial score (nSPS) is 26.1. The highest BCUT2D eigenvalue weighted by molar-refractivity contribution is 5.80. The minimum absolute atomic E-state index is 0.0437. The Morgan fingerprint density at radius 1 is 1.21 bits per heavy atom. The quantitative estimate of drug-likeness (QED) is 0.640. The lowest BCUT2D eigenvalue weighted by atomic mass is 9.87. The van der Waals surface area contributed by atoms with Gasteiger partial charge in [0.25, 0.3) is 0 Å². The molecular formula is C23H36N4O. The molecular weight excluding hydrogens is 348 g/mol. The molecule has 0 saturated carbocycles. The third-order valence-electron chi connectivity index (χ3n) is 6.86. The molecule has 1 spiro atoms. The van der Waals surface area contributed by atoms with E-state index in [1.165, 1.54) is 24.0 Å². The first-order valence-corrected chi connectivity index (χ1v) is 10.9. The second-order valence-electron chi connectivity index (χ2n) is 9.40. The van der Waals surface area contributed by atoms with Crippen molar-refractivity contribution in [2.45, 2.75) is 52.1 Å². The van der Waals surface area contributed by atoms with Gasteiger partial charge in [0.05, 0.1) is 13.2 Å². The third-order valence-corrected chi connectivity index (χ3v) is 6.86. The van der Waals surface area contributed by atoms with Crippen LogP contribution in [0.1, 0.15) is 44.7 Å². The molecule has 2 saturated heterocycles. The van der Waals surface area contributed by atoms with Crippen molar-refractivity contribution in [1.29, 1.82) is 0 Å². The maximum Gasteiger partial charge on any atom is 0.194 e. The van der Waals surface area contributed by atoms with E-state index >= 15 is 0 Å². The molecule has 154 valence electrons. The van der Waals surface area contributed by atoms with Crippen LogP contribution in [-0.4, -0.2) is 67.2 Å². The fourth-order valence-corrected chi connectivity index (χ4v) is 4.89. The molecule has 0 aliphatic carbocycles. The summed E-state index contributed by atoms with van der Waals surface area (Å²) in [5.41, 5.74) is 3.39. The number of ether oxygens (including phenoxy) is 1. The molecule has 28 heavy (non-hydrogen) atoms. The van der Waals surface area contributed by atoms with Gasteiger partial charge >= 0.3 is 0 Å². The standard InChI is InChI=1S/C23H36N4O/c1-4-24-21(26-13-10-23(17-26)11-14-28-18-23)25-16-22(2,3)27-12-9-19-7-5-6-8-20(19)15-27/h5-8H,4,9-18H2,1-3H3,(H,24,25). The number of nitrogens with one attached hydrogen (secondary N) is 1. The SMILES string of the molecule is CCNC(=NCC(C)(C)N1CCc2ccccc2C1)N1CCC2(CCOC2)C1. The third kappa shape index (κ3) is 4.06. The first-order valence-electron chi connectivity index (χ1n) is 10.9. The molecule has 4 rings (SSSR count). The highest BCUT2D eigenvalue weighted by atomic mass is 16.5. The zero-order chi connectivity index (χ0) is 19.6. The molecule has 1 atom stereocenters. The lowest BCUT2D eigenvalue weighted by Gasteiger charge is -2.41. The van der Waals surface area contributed by atoms with Gasteiger partial charge in [-0.1, -0.05) is 24.3 Å². The summed E-state index contributed by atoms with van der Waals surface area (Å²) in [5.74, 6) is 1.08. The largest absolute Gasteiger partial charge is 0.381 e. The van der Waals surface area contributed by atoms with Crippen molar-refractivity contribution < 1.29 is 4.74 Å². The van der Waals surface area contributed by atoms with Gasteiger partial charge in [-0.3, -0.25) is 9.89 Å². The first-order chi connectivity index (χ1) is 13.5. The number of aliphatic imine (C=N–C) groups is 1. The van der Waals surface area contributed by atoms with Gasteiger partial charge in [-0.25, -0.2) is 0 Å². The van der Waals surface area contributed by atoms with E-state index in [1.807, 2.05) is 0 Å². The summed E-state index contributed by atoms with van der Waals surface area (Å²) >= 11 is 0. The van der Waals surface area contributed by atoms with Gasteiger partial charge in [-0.2, -0.15) is 0 Å². The monoisotopic (exact) mass is 384 g/mol. The maximum absolute atomic E-state index is 5.70. The van der Waals surface area contributed by atoms with Crippen LogP contribution >= 0.6 is 0 Å². The van der Waals surface area contributed by atoms with Crippen LogP contribution in [0.5, 0.6) is 0 Å². The second-order valence-corrected chi connectivity index (χ2v) is 9.40. The van der Waals surface area contributed by atoms with Crippen LogP contribution < -0.4 is 5.32 Å². The van der Waals surface area contributed by atoms with Crippen molar-refractivity contribution >= 4 is 5.96 Å². The van der Waals surface area contributed by atoms with Gasteiger partial charge in [0.2, 0.25) is 0 Å². The molecule has 3 aliphatic heterocycles. The summed E-state index contributed by atoms with van der Waals surface area (Å²) in [7, 11) is 0. The summed E-state index contributed by atoms with van der Waals surface area (Å²) in [6.07, 6.45) is 3.56. The Kier molecular flexibility index (Phi) is 5.66. The summed E-state index contributed by atoms with van der Waals surface area (Å²) in [4.78, 5) is 10.2. The Balaban J connectivity index is 1.43. The van der Waals surface area contributed by atoms with Crippen LogP contribution in [0.3, 0.4) is 0 Å². The summed E-state index contributed by atoms with van der Waals surface area (Å²) < 4.78 is 5.70. The number of hydrogen-bond acceptors (Lipinski definition) is 3. The van der Waals surface area contributed by atoms with Gasteiger partial charge in [-0.15, -0.1) is 0 Å². The molecule has 1 aromatic rings. The van der Waals surface area contributed by atoms with E-state index in [2.05, 4.69) is 60.2 Å². The van der Waals surface area contributed by atoms with Crippen LogP contribution in [0, 0.1) is 5.41 Å². The summed E-state index contributed by atoms with van der Waals surface area (Å²) in [6.45, 7) is 14.7. The molecule has 5 nitrogen and oxygen atoms in total. The van der Waals surface area contributed by atoms with E-state index in [4.69, 9.17) is 9.73 Å². The minimum Gasteiger partial charge on any atom is -0.381 e. The zero-order valence-corrected chi connectivity index (χ0v) is 17.8. The van der Waals surface area contributed by atoms with Crippen LogP contribution in [0.4, 0.5) is 0 Å². The molecule has 1 N–H and O–H groups in total. The van der Waals surface area contributed by atoms with E-state index in [9.17, 15) is 0 Å². The van der Waals surface area contributed by atoms with Crippen molar-refractivity contribution in [2.75, 3.05) is 45.9 Å². The van der Waals surface area contributed by atoms with Crippen molar-refractivity contribution in [3.8, 4) is 0 Å². The Morgan fingerprint density at radius 3 is 2.79 bits per heavy atom. The van der Waals surface area contributed by atoms with Gasteiger partial charge in [-0.05, 0) is 51.2 Å². The maximum atomic E-state index is 5.70. The lowest BCUT2D eigenvalue weighted by Crippen LogP contribution is -2.49. The van der Waals surface area contributed by atoms with Gasteiger partial charge in [0.1, 0.15) is 0 Å². The van der Waals surface area contributed by atoms with Gasteiger partial charge in [0, 0.05) is 50.3 Å². The van der Waals surface area contributed by atoms with Crippen LogP contribution in [-0.2, 0) is 17.7 Å². The highest BCUT2D eigenvalue weighted by Gasteiger charge is 2.42. The molecule has 0 radical (unpaired) electrons. The number of benzene rings is 1. The average Bonchev–Trinajstić information content (AvgIpc) is 3.34. The van der Waals surface area contributed by atoms with Gasteiger partial charge in [0.15, 0.2) is 5.96 Å². The number of likely N-dealkylation sites (tertiary alicyclic amines) is 1. The van der Waals surface area contributed by atoms with E-state index in [1.54, 1.807) is 0 Å². The molecule has 0 amide bonds. The predicted molar refractivity (Wildman–Crippen MR) is 115 cm³/mol. The fraction of sp³-hybridized carbons (Fsp3) is 0.696. The van der Waals surface area contributed by atoms with E-state index in [0.29, 0.717) is 5.41 Å². The number of fused-ring (bicyclic) bond motifs is 1.